The predicted octanol–water partition coefficient (Wildman–Crippen LogP) is 5.42. The van der Waals surface area contributed by atoms with Crippen LogP contribution in [-0.2, 0) is 4.79 Å². The van der Waals surface area contributed by atoms with E-state index in [1.807, 2.05) is 13.0 Å². The lowest BCUT2D eigenvalue weighted by Gasteiger charge is -2.59. The molecule has 4 N–H and O–H groups in total. The van der Waals surface area contributed by atoms with Gasteiger partial charge in [0.15, 0.2) is 5.78 Å². The number of carbonyl (C=O) groups excluding carboxylic acids is 1. The molecule has 6 unspecified atom stereocenters. The number of allylic oxidation sites excluding steroid dienone is 2. The maximum atomic E-state index is 13.1. The standard InChI is InChI=1S/C33H36N8O11/c1-31-11-9-19(34-35-24-7-4-20(38(45)46)14-27(24)40(49)50)13-18(31)3-6-22-23-10-12-33(44,29(43)17-42)32(23,2)16-26(30(22)31)37-36-25-8-5-21(39(47)48)15-28(25)41(51)52/h4-5,7-8,13-15,22-23,30,35-36,42,44H,3,6,9-12,16-17H2,1-2H3/b34-19+,37-26+. The van der Waals surface area contributed by atoms with Crippen molar-refractivity contribution in [2.24, 2.45) is 38.8 Å². The minimum Gasteiger partial charge on any atom is -0.388 e. The average Bonchev–Trinajstić information content (AvgIpc) is 3.39. The van der Waals surface area contributed by atoms with E-state index in [2.05, 4.69) is 22.9 Å². The largest absolute Gasteiger partial charge is 0.388 e. The second-order valence-corrected chi connectivity index (χ2v) is 14.3. The Morgan fingerprint density at radius 1 is 0.846 bits per heavy atom. The molecule has 19 nitrogen and oxygen atoms in total. The Morgan fingerprint density at radius 3 is 1.96 bits per heavy atom. The summed E-state index contributed by atoms with van der Waals surface area (Å²) in [6, 6.07) is 6.38. The van der Waals surface area contributed by atoms with E-state index >= 15 is 0 Å². The number of nitro groups is 4. The molecule has 3 fully saturated rings. The quantitative estimate of drug-likeness (QED) is 0.176. The molecule has 52 heavy (non-hydrogen) atoms. The molecule has 4 aliphatic rings. The second kappa shape index (κ2) is 13.1. The number of hydrogen-bond acceptors (Lipinski definition) is 15. The van der Waals surface area contributed by atoms with Gasteiger partial charge in [0, 0.05) is 29.2 Å². The van der Waals surface area contributed by atoms with E-state index in [1.54, 1.807) is 0 Å². The van der Waals surface area contributed by atoms with E-state index in [9.17, 15) is 55.5 Å². The van der Waals surface area contributed by atoms with Crippen LogP contribution < -0.4 is 10.9 Å². The number of aliphatic hydroxyl groups is 2. The van der Waals surface area contributed by atoms with E-state index in [-0.39, 0.29) is 42.0 Å². The number of hydrazone groups is 2. The van der Waals surface area contributed by atoms with Crippen LogP contribution in [0.3, 0.4) is 0 Å². The first kappa shape index (κ1) is 36.1. The normalized spacial score (nSPS) is 30.8. The topological polar surface area (TPSA) is 279 Å². The number of nitro benzene ring substituents is 4. The molecule has 274 valence electrons. The van der Waals surface area contributed by atoms with Gasteiger partial charge in [-0.05, 0) is 80.4 Å². The molecule has 2 aromatic carbocycles. The summed E-state index contributed by atoms with van der Waals surface area (Å²) in [7, 11) is 0. The molecule has 0 spiro atoms. The molecule has 3 saturated carbocycles. The monoisotopic (exact) mass is 720 g/mol. The zero-order valence-electron chi connectivity index (χ0n) is 28.2. The molecule has 19 heteroatoms. The van der Waals surface area contributed by atoms with Gasteiger partial charge in [-0.3, -0.25) is 56.1 Å². The molecule has 6 rings (SSSR count). The number of nitrogens with zero attached hydrogens (tertiary/aromatic N) is 6. The molecule has 0 aromatic heterocycles. The SMILES string of the molecule is CC12CC/C(=N\Nc3ccc([N+](=O)[O-])cc3[N+](=O)[O-])C=C1CCC1C2/C(=N/Nc2ccc([N+](=O)[O-])cc2[N+](=O)[O-])CC2(C)C1CCC2(O)C(=O)CO. The van der Waals surface area contributed by atoms with Crippen LogP contribution in [0.25, 0.3) is 0 Å². The summed E-state index contributed by atoms with van der Waals surface area (Å²) in [5.74, 6) is -1.14. The predicted molar refractivity (Wildman–Crippen MR) is 186 cm³/mol. The van der Waals surface area contributed by atoms with E-state index < -0.39 is 71.3 Å². The Labute approximate surface area is 295 Å². The van der Waals surface area contributed by atoms with Crippen molar-refractivity contribution >= 4 is 51.3 Å². The van der Waals surface area contributed by atoms with Crippen molar-refractivity contribution in [1.29, 1.82) is 0 Å². The number of Topliss-reactive ketones (excluding diaryl/α,β-unsaturated/α-hetero) is 1. The molecule has 0 heterocycles. The smallest absolute Gasteiger partial charge is 0.301 e. The molecular weight excluding hydrogens is 684 g/mol. The fourth-order valence-corrected chi connectivity index (χ4v) is 9.24. The summed E-state index contributed by atoms with van der Waals surface area (Å²) in [5.41, 5.74) is 2.22. The van der Waals surface area contributed by atoms with Gasteiger partial charge >= 0.3 is 11.4 Å². The summed E-state index contributed by atoms with van der Waals surface area (Å²) >= 11 is 0. The van der Waals surface area contributed by atoms with Crippen LogP contribution in [0.4, 0.5) is 34.1 Å². The van der Waals surface area contributed by atoms with Crippen LogP contribution >= 0.6 is 0 Å². The zero-order valence-corrected chi connectivity index (χ0v) is 28.2. The van der Waals surface area contributed by atoms with Gasteiger partial charge in [0.05, 0.1) is 37.5 Å². The van der Waals surface area contributed by atoms with E-state index in [0.717, 1.165) is 29.8 Å². The summed E-state index contributed by atoms with van der Waals surface area (Å²) in [5, 5.41) is 76.8. The van der Waals surface area contributed by atoms with Crippen molar-refractivity contribution in [3.63, 3.8) is 0 Å². The maximum Gasteiger partial charge on any atom is 0.301 e. The summed E-state index contributed by atoms with van der Waals surface area (Å²) in [4.78, 5) is 56.1. The van der Waals surface area contributed by atoms with Gasteiger partial charge in [-0.25, -0.2) is 0 Å². The highest BCUT2D eigenvalue weighted by Gasteiger charge is 2.67. The van der Waals surface area contributed by atoms with Crippen LogP contribution in [-0.4, -0.2) is 59.3 Å². The van der Waals surface area contributed by atoms with Crippen molar-refractivity contribution in [3.05, 3.63) is 88.5 Å². The lowest BCUT2D eigenvalue weighted by Crippen LogP contribution is -2.61. The lowest BCUT2D eigenvalue weighted by atomic mass is 9.45. The van der Waals surface area contributed by atoms with Crippen molar-refractivity contribution in [2.75, 3.05) is 17.5 Å². The van der Waals surface area contributed by atoms with Gasteiger partial charge in [0.1, 0.15) is 23.6 Å². The van der Waals surface area contributed by atoms with Crippen molar-refractivity contribution < 1.29 is 34.7 Å². The first-order valence-electron chi connectivity index (χ1n) is 16.6. The summed E-state index contributed by atoms with van der Waals surface area (Å²) in [6.07, 6.45) is 5.00. The molecule has 6 atom stereocenters. The Morgan fingerprint density at radius 2 is 1.42 bits per heavy atom. The minimum absolute atomic E-state index is 0.0166. The Hall–Kier alpha value is -5.69. The number of carbonyl (C=O) groups is 1. The van der Waals surface area contributed by atoms with Gasteiger partial charge < -0.3 is 10.2 Å². The molecule has 0 saturated heterocycles. The third-order valence-electron chi connectivity index (χ3n) is 11.9. The van der Waals surface area contributed by atoms with Crippen LogP contribution in [0.2, 0.25) is 0 Å². The van der Waals surface area contributed by atoms with E-state index in [1.165, 1.54) is 12.1 Å². The Bertz CT molecular complexity index is 2000. The van der Waals surface area contributed by atoms with Crippen LogP contribution in [0.1, 0.15) is 58.8 Å². The van der Waals surface area contributed by atoms with Crippen LogP contribution in [0, 0.1) is 69.0 Å². The number of anilines is 2. The average molecular weight is 721 g/mol. The number of hydrogen-bond donors (Lipinski definition) is 4. The molecule has 0 amide bonds. The van der Waals surface area contributed by atoms with Crippen molar-refractivity contribution in [3.8, 4) is 0 Å². The fraction of sp³-hybridized carbons (Fsp3) is 0.485. The van der Waals surface area contributed by atoms with Gasteiger partial charge in [-0.2, -0.15) is 10.2 Å². The highest BCUT2D eigenvalue weighted by molar-refractivity contribution is 5.99. The molecule has 0 radical (unpaired) electrons. The molecule has 2 aromatic rings. The number of fused-ring (bicyclic) bond motifs is 5. The van der Waals surface area contributed by atoms with Crippen molar-refractivity contribution in [1.82, 2.24) is 0 Å². The first-order chi connectivity index (χ1) is 24.5. The third kappa shape index (κ3) is 5.84. The van der Waals surface area contributed by atoms with E-state index in [4.69, 9.17) is 5.10 Å². The van der Waals surface area contributed by atoms with Gasteiger partial charge in [-0.1, -0.05) is 19.4 Å². The molecule has 4 aliphatic carbocycles. The van der Waals surface area contributed by atoms with Gasteiger partial charge in [0.25, 0.3) is 11.4 Å². The number of aliphatic hydroxyl groups excluding tert-OH is 1. The number of benzene rings is 2. The minimum atomic E-state index is -1.83. The molecular formula is C33H36N8O11. The number of ketones is 1. The molecule has 0 bridgehead atoms. The van der Waals surface area contributed by atoms with Gasteiger partial charge in [-0.15, -0.1) is 0 Å². The fourth-order valence-electron chi connectivity index (χ4n) is 9.24. The number of rotatable bonds is 10. The number of non-ortho nitro benzene ring substituents is 2. The van der Waals surface area contributed by atoms with E-state index in [0.29, 0.717) is 43.5 Å². The lowest BCUT2D eigenvalue weighted by molar-refractivity contribution is -0.393. The molecule has 0 aliphatic heterocycles. The third-order valence-corrected chi connectivity index (χ3v) is 11.9. The van der Waals surface area contributed by atoms with Crippen molar-refractivity contribution in [2.45, 2.75) is 64.4 Å². The highest BCUT2D eigenvalue weighted by Crippen LogP contribution is 2.67. The first-order valence-corrected chi connectivity index (χ1v) is 16.6. The van der Waals surface area contributed by atoms with Crippen LogP contribution in [0.15, 0.2) is 58.3 Å². The maximum absolute atomic E-state index is 13.1. The Balaban J connectivity index is 1.38. The summed E-state index contributed by atoms with van der Waals surface area (Å²) < 4.78 is 0. The Kier molecular flexibility index (Phi) is 9.12. The highest BCUT2D eigenvalue weighted by atomic mass is 16.6. The second-order valence-electron chi connectivity index (χ2n) is 14.3. The zero-order chi connectivity index (χ0) is 37.7. The summed E-state index contributed by atoms with van der Waals surface area (Å²) in [6.45, 7) is 3.07. The van der Waals surface area contributed by atoms with Crippen LogP contribution in [0.5, 0.6) is 0 Å². The number of nitrogens with one attached hydrogen (secondary N) is 2. The van der Waals surface area contributed by atoms with Gasteiger partial charge in [0.2, 0.25) is 0 Å².